The van der Waals surface area contributed by atoms with Crippen molar-refractivity contribution >= 4 is 22.1 Å². The van der Waals surface area contributed by atoms with Crippen LogP contribution in [0.25, 0.3) is 0 Å². The highest BCUT2D eigenvalue weighted by Crippen LogP contribution is 2.30. The SMILES string of the molecule is Cc1ncc(C[S@](=O)C(c2ccccc2)c2ccccc2)s1. The van der Waals surface area contributed by atoms with Crippen LogP contribution >= 0.6 is 11.3 Å². The third-order valence-electron chi connectivity index (χ3n) is 3.42. The number of rotatable bonds is 5. The van der Waals surface area contributed by atoms with Gasteiger partial charge in [0.1, 0.15) is 0 Å². The molecule has 2 aromatic carbocycles. The van der Waals surface area contributed by atoms with Gasteiger partial charge in [-0.2, -0.15) is 0 Å². The second kappa shape index (κ2) is 6.99. The first-order valence-corrected chi connectivity index (χ1v) is 9.32. The lowest BCUT2D eigenvalue weighted by atomic mass is 10.0. The minimum atomic E-state index is -1.03. The van der Waals surface area contributed by atoms with E-state index in [9.17, 15) is 4.21 Å². The van der Waals surface area contributed by atoms with Crippen LogP contribution in [0.2, 0.25) is 0 Å². The summed E-state index contributed by atoms with van der Waals surface area (Å²) < 4.78 is 13.0. The second-order valence-electron chi connectivity index (χ2n) is 5.07. The minimum Gasteiger partial charge on any atom is -0.258 e. The Morgan fingerprint density at radius 1 is 1.00 bits per heavy atom. The number of aromatic nitrogens is 1. The number of aryl methyl sites for hydroxylation is 1. The Hall–Kier alpha value is -1.78. The molecule has 112 valence electrons. The van der Waals surface area contributed by atoms with Crippen molar-refractivity contribution in [3.05, 3.63) is 87.9 Å². The highest BCUT2D eigenvalue weighted by molar-refractivity contribution is 7.84. The largest absolute Gasteiger partial charge is 0.258 e. The molecule has 0 saturated carbocycles. The predicted molar refractivity (Wildman–Crippen MR) is 93.4 cm³/mol. The maximum Gasteiger partial charge on any atom is 0.0897 e. The number of hydrogen-bond acceptors (Lipinski definition) is 3. The van der Waals surface area contributed by atoms with Crippen molar-refractivity contribution in [2.24, 2.45) is 0 Å². The molecule has 0 aliphatic rings. The van der Waals surface area contributed by atoms with Crippen molar-refractivity contribution in [1.82, 2.24) is 4.98 Å². The van der Waals surface area contributed by atoms with Gasteiger partial charge in [0.05, 0.1) is 16.0 Å². The van der Waals surface area contributed by atoms with E-state index in [1.807, 2.05) is 73.8 Å². The molecule has 3 rings (SSSR count). The molecule has 0 fully saturated rings. The summed E-state index contributed by atoms with van der Waals surface area (Å²) >= 11 is 1.62. The van der Waals surface area contributed by atoms with Crippen LogP contribution in [-0.2, 0) is 16.6 Å². The van der Waals surface area contributed by atoms with Gasteiger partial charge in [0.2, 0.25) is 0 Å². The Balaban J connectivity index is 1.93. The van der Waals surface area contributed by atoms with Crippen LogP contribution in [0.5, 0.6) is 0 Å². The van der Waals surface area contributed by atoms with Crippen LogP contribution in [0.15, 0.2) is 66.9 Å². The minimum absolute atomic E-state index is 0.107. The van der Waals surface area contributed by atoms with Gasteiger partial charge in [0.25, 0.3) is 0 Å². The van der Waals surface area contributed by atoms with Crippen molar-refractivity contribution in [3.8, 4) is 0 Å². The lowest BCUT2D eigenvalue weighted by Gasteiger charge is -2.17. The molecule has 0 aliphatic heterocycles. The van der Waals surface area contributed by atoms with Gasteiger partial charge in [-0.1, -0.05) is 60.7 Å². The normalized spacial score (nSPS) is 12.5. The first kappa shape index (κ1) is 15.1. The first-order valence-electron chi connectivity index (χ1n) is 7.12. The van der Waals surface area contributed by atoms with E-state index in [0.29, 0.717) is 5.75 Å². The van der Waals surface area contributed by atoms with Crippen molar-refractivity contribution in [1.29, 1.82) is 0 Å². The summed E-state index contributed by atoms with van der Waals surface area (Å²) in [4.78, 5) is 5.34. The highest BCUT2D eigenvalue weighted by Gasteiger charge is 2.21. The molecule has 0 amide bonds. The van der Waals surface area contributed by atoms with Gasteiger partial charge in [-0.15, -0.1) is 11.3 Å². The van der Waals surface area contributed by atoms with E-state index in [2.05, 4.69) is 4.98 Å². The number of benzene rings is 2. The molecule has 1 atom stereocenters. The van der Waals surface area contributed by atoms with Gasteiger partial charge in [-0.3, -0.25) is 4.21 Å². The Kier molecular flexibility index (Phi) is 4.80. The molecule has 0 radical (unpaired) electrons. The number of hydrogen-bond donors (Lipinski definition) is 0. The molecular formula is C18H17NOS2. The molecule has 0 bridgehead atoms. The summed E-state index contributed by atoms with van der Waals surface area (Å²) in [6, 6.07) is 20.2. The molecular weight excluding hydrogens is 310 g/mol. The summed E-state index contributed by atoms with van der Waals surface area (Å²) in [6.45, 7) is 1.98. The Labute approximate surface area is 137 Å². The monoisotopic (exact) mass is 327 g/mol. The first-order chi connectivity index (χ1) is 10.7. The molecule has 0 unspecified atom stereocenters. The van der Waals surface area contributed by atoms with Gasteiger partial charge >= 0.3 is 0 Å². The fraction of sp³-hybridized carbons (Fsp3) is 0.167. The summed E-state index contributed by atoms with van der Waals surface area (Å²) in [7, 11) is -1.03. The van der Waals surface area contributed by atoms with E-state index in [-0.39, 0.29) is 5.25 Å². The number of nitrogens with zero attached hydrogens (tertiary/aromatic N) is 1. The zero-order valence-corrected chi connectivity index (χ0v) is 13.9. The van der Waals surface area contributed by atoms with Crippen LogP contribution in [0.4, 0.5) is 0 Å². The predicted octanol–water partition coefficient (Wildman–Crippen LogP) is 4.49. The van der Waals surface area contributed by atoms with Crippen LogP contribution in [0.1, 0.15) is 26.3 Å². The molecule has 0 saturated heterocycles. The van der Waals surface area contributed by atoms with E-state index in [1.54, 1.807) is 11.3 Å². The highest BCUT2D eigenvalue weighted by atomic mass is 32.2. The summed E-state index contributed by atoms with van der Waals surface area (Å²) in [5, 5.41) is 0.910. The van der Waals surface area contributed by atoms with Gasteiger partial charge < -0.3 is 0 Å². The lowest BCUT2D eigenvalue weighted by Crippen LogP contribution is -2.10. The zero-order chi connectivity index (χ0) is 15.4. The van der Waals surface area contributed by atoms with Gasteiger partial charge in [0.15, 0.2) is 0 Å². The van der Waals surface area contributed by atoms with E-state index in [1.165, 1.54) is 0 Å². The van der Waals surface area contributed by atoms with Gasteiger partial charge in [-0.05, 0) is 18.1 Å². The fourth-order valence-electron chi connectivity index (χ4n) is 2.45. The molecule has 0 aliphatic carbocycles. The smallest absolute Gasteiger partial charge is 0.0897 e. The van der Waals surface area contributed by atoms with Crippen LogP contribution in [-0.4, -0.2) is 9.19 Å². The van der Waals surface area contributed by atoms with E-state index < -0.39 is 10.8 Å². The Morgan fingerprint density at radius 3 is 2.00 bits per heavy atom. The lowest BCUT2D eigenvalue weighted by molar-refractivity contribution is 0.678. The van der Waals surface area contributed by atoms with Crippen molar-refractivity contribution in [3.63, 3.8) is 0 Å². The summed E-state index contributed by atoms with van der Waals surface area (Å²) in [6.07, 6.45) is 1.84. The zero-order valence-electron chi connectivity index (χ0n) is 12.3. The van der Waals surface area contributed by atoms with Gasteiger partial charge in [-0.25, -0.2) is 4.98 Å². The maximum absolute atomic E-state index is 13.0. The molecule has 0 spiro atoms. The molecule has 4 heteroatoms. The van der Waals surface area contributed by atoms with Gasteiger partial charge in [0, 0.05) is 21.9 Å². The average molecular weight is 327 g/mol. The average Bonchev–Trinajstić information content (AvgIpc) is 2.95. The van der Waals surface area contributed by atoms with Crippen molar-refractivity contribution in [2.75, 3.05) is 0 Å². The topological polar surface area (TPSA) is 30.0 Å². The summed E-state index contributed by atoms with van der Waals surface area (Å²) in [5.74, 6) is 0.542. The Morgan fingerprint density at radius 2 is 1.55 bits per heavy atom. The second-order valence-corrected chi connectivity index (χ2v) is 7.91. The van der Waals surface area contributed by atoms with Crippen molar-refractivity contribution in [2.45, 2.75) is 17.9 Å². The third-order valence-corrected chi connectivity index (χ3v) is 6.18. The summed E-state index contributed by atoms with van der Waals surface area (Å²) in [5.41, 5.74) is 2.18. The molecule has 3 aromatic rings. The molecule has 22 heavy (non-hydrogen) atoms. The Bertz CT molecular complexity index is 714. The quantitative estimate of drug-likeness (QED) is 0.691. The van der Waals surface area contributed by atoms with Crippen LogP contribution in [0.3, 0.4) is 0 Å². The van der Waals surface area contributed by atoms with Crippen LogP contribution in [0, 0.1) is 6.92 Å². The maximum atomic E-state index is 13.0. The van der Waals surface area contributed by atoms with E-state index in [0.717, 1.165) is 21.0 Å². The molecule has 2 nitrogen and oxygen atoms in total. The fourth-order valence-corrected chi connectivity index (χ4v) is 5.06. The van der Waals surface area contributed by atoms with Crippen LogP contribution < -0.4 is 0 Å². The third kappa shape index (κ3) is 3.51. The van der Waals surface area contributed by atoms with E-state index >= 15 is 0 Å². The standard InChI is InChI=1S/C18H17NOS2/c1-14-19-12-17(21-14)13-22(20)18(15-8-4-2-5-9-15)16-10-6-3-7-11-16/h2-12,18H,13H2,1H3/t22-/m0/s1. The number of thiazole rings is 1. The molecule has 0 N–H and O–H groups in total. The van der Waals surface area contributed by atoms with Crippen molar-refractivity contribution < 1.29 is 4.21 Å². The molecule has 1 aromatic heterocycles. The van der Waals surface area contributed by atoms with E-state index in [4.69, 9.17) is 0 Å². The molecule has 1 heterocycles.